The highest BCUT2D eigenvalue weighted by molar-refractivity contribution is 5.88. The molecule has 7 nitrogen and oxygen atoms in total. The molecule has 2 aromatic rings. The zero-order chi connectivity index (χ0) is 14.5. The highest BCUT2D eigenvalue weighted by atomic mass is 19.1. The fraction of sp³-hybridized carbons (Fsp3) is 0.333. The van der Waals surface area contributed by atoms with Gasteiger partial charge in [-0.15, -0.1) is 5.10 Å². The molecule has 106 valence electrons. The molecule has 0 atom stereocenters. The molecule has 8 heteroatoms. The molecular formula is C12H13FN4O3. The molecule has 0 saturated carbocycles. The molecular weight excluding hydrogens is 267 g/mol. The number of rotatable bonds is 6. The predicted octanol–water partition coefficient (Wildman–Crippen LogP) is 1.50. The number of carboxylic acid groups (broad SMARTS) is 1. The van der Waals surface area contributed by atoms with Gasteiger partial charge in [0.25, 0.3) is 0 Å². The van der Waals surface area contributed by atoms with E-state index >= 15 is 0 Å². The molecule has 2 rings (SSSR count). The van der Waals surface area contributed by atoms with Crippen LogP contribution >= 0.6 is 0 Å². The van der Waals surface area contributed by atoms with Crippen molar-refractivity contribution in [3.05, 3.63) is 35.4 Å². The molecule has 1 heterocycles. The van der Waals surface area contributed by atoms with Crippen molar-refractivity contribution >= 4 is 5.97 Å². The van der Waals surface area contributed by atoms with Crippen molar-refractivity contribution in [2.45, 2.75) is 26.5 Å². The van der Waals surface area contributed by atoms with Crippen LogP contribution in [0.4, 0.5) is 4.39 Å². The minimum absolute atomic E-state index is 0.0822. The number of ether oxygens (including phenoxy) is 1. The van der Waals surface area contributed by atoms with E-state index in [0.29, 0.717) is 12.4 Å². The Balaban J connectivity index is 2.05. The molecule has 0 fully saturated rings. The number of carboxylic acids is 1. The lowest BCUT2D eigenvalue weighted by Crippen LogP contribution is -2.09. The SMILES string of the molecule is CCCn1nnnc1COc1ccc(C(=O)O)c(F)c1. The van der Waals surface area contributed by atoms with Gasteiger partial charge in [0, 0.05) is 12.6 Å². The summed E-state index contributed by atoms with van der Waals surface area (Å²) in [5, 5.41) is 19.9. The van der Waals surface area contributed by atoms with E-state index in [0.717, 1.165) is 18.6 Å². The average molecular weight is 280 g/mol. The lowest BCUT2D eigenvalue weighted by Gasteiger charge is -2.07. The highest BCUT2D eigenvalue weighted by Gasteiger charge is 2.12. The summed E-state index contributed by atoms with van der Waals surface area (Å²) in [5.74, 6) is -1.42. The maximum Gasteiger partial charge on any atom is 0.338 e. The molecule has 0 amide bonds. The fourth-order valence-electron chi connectivity index (χ4n) is 1.62. The number of aromatic nitrogens is 4. The molecule has 0 spiro atoms. The molecule has 0 unspecified atom stereocenters. The van der Waals surface area contributed by atoms with Gasteiger partial charge in [0.2, 0.25) is 0 Å². The summed E-state index contributed by atoms with van der Waals surface area (Å²) in [6.07, 6.45) is 0.875. The van der Waals surface area contributed by atoms with Gasteiger partial charge in [-0.3, -0.25) is 0 Å². The monoisotopic (exact) mass is 280 g/mol. The Hall–Kier alpha value is -2.51. The highest BCUT2D eigenvalue weighted by Crippen LogP contribution is 2.17. The van der Waals surface area contributed by atoms with Crippen molar-refractivity contribution in [3.63, 3.8) is 0 Å². The molecule has 20 heavy (non-hydrogen) atoms. The van der Waals surface area contributed by atoms with Crippen molar-refractivity contribution < 1.29 is 19.0 Å². The summed E-state index contributed by atoms with van der Waals surface area (Å²) in [6.45, 7) is 2.74. The van der Waals surface area contributed by atoms with Crippen LogP contribution in [0.2, 0.25) is 0 Å². The van der Waals surface area contributed by atoms with Gasteiger partial charge in [-0.25, -0.2) is 13.9 Å². The second-order valence-electron chi connectivity index (χ2n) is 4.05. The Bertz CT molecular complexity index is 614. The lowest BCUT2D eigenvalue weighted by molar-refractivity contribution is 0.0692. The van der Waals surface area contributed by atoms with Crippen LogP contribution in [0.3, 0.4) is 0 Å². The second kappa shape index (κ2) is 6.09. The van der Waals surface area contributed by atoms with E-state index in [1.165, 1.54) is 6.07 Å². The van der Waals surface area contributed by atoms with E-state index in [1.54, 1.807) is 4.68 Å². The smallest absolute Gasteiger partial charge is 0.338 e. The van der Waals surface area contributed by atoms with Gasteiger partial charge < -0.3 is 9.84 Å². The van der Waals surface area contributed by atoms with Crippen molar-refractivity contribution in [1.82, 2.24) is 20.2 Å². The third-order valence-corrected chi connectivity index (χ3v) is 2.58. The summed E-state index contributed by atoms with van der Waals surface area (Å²) >= 11 is 0. The van der Waals surface area contributed by atoms with Crippen LogP contribution in [0.1, 0.15) is 29.5 Å². The normalized spacial score (nSPS) is 10.5. The maximum absolute atomic E-state index is 13.5. The average Bonchev–Trinajstić information content (AvgIpc) is 2.84. The minimum atomic E-state index is -1.32. The first-order valence-electron chi connectivity index (χ1n) is 6.02. The number of tetrazole rings is 1. The van der Waals surface area contributed by atoms with Crippen molar-refractivity contribution in [2.24, 2.45) is 0 Å². The van der Waals surface area contributed by atoms with E-state index in [9.17, 15) is 9.18 Å². The topological polar surface area (TPSA) is 90.1 Å². The number of hydrogen-bond donors (Lipinski definition) is 1. The van der Waals surface area contributed by atoms with Gasteiger partial charge in [-0.1, -0.05) is 6.92 Å². The first-order chi connectivity index (χ1) is 9.61. The van der Waals surface area contributed by atoms with E-state index < -0.39 is 17.3 Å². The van der Waals surface area contributed by atoms with Crippen molar-refractivity contribution in [2.75, 3.05) is 0 Å². The molecule has 0 bridgehead atoms. The van der Waals surface area contributed by atoms with Crippen LogP contribution in [0.5, 0.6) is 5.75 Å². The Kier molecular flexibility index (Phi) is 4.24. The minimum Gasteiger partial charge on any atom is -0.485 e. The lowest BCUT2D eigenvalue weighted by atomic mass is 10.2. The van der Waals surface area contributed by atoms with E-state index in [4.69, 9.17) is 9.84 Å². The number of carbonyl (C=O) groups is 1. The summed E-state index contributed by atoms with van der Waals surface area (Å²) in [4.78, 5) is 10.7. The van der Waals surface area contributed by atoms with Gasteiger partial charge in [0.05, 0.1) is 5.56 Å². The van der Waals surface area contributed by atoms with E-state index in [1.807, 2.05) is 6.92 Å². The number of aromatic carboxylic acids is 1. The van der Waals surface area contributed by atoms with Crippen LogP contribution in [0.25, 0.3) is 0 Å². The first kappa shape index (κ1) is 13.9. The molecule has 0 aliphatic rings. The van der Waals surface area contributed by atoms with Crippen LogP contribution in [0.15, 0.2) is 18.2 Å². The standard InChI is InChI=1S/C12H13FN4O3/c1-2-5-17-11(14-15-16-17)7-20-8-3-4-9(12(18)19)10(13)6-8/h3-4,6H,2,5,7H2,1H3,(H,18,19). The molecule has 1 aromatic heterocycles. The van der Waals surface area contributed by atoms with Gasteiger partial charge >= 0.3 is 5.97 Å². The molecule has 1 N–H and O–H groups in total. The van der Waals surface area contributed by atoms with Crippen LogP contribution in [0, 0.1) is 5.82 Å². The van der Waals surface area contributed by atoms with E-state index in [2.05, 4.69) is 15.5 Å². The molecule has 0 saturated heterocycles. The van der Waals surface area contributed by atoms with Gasteiger partial charge in [-0.2, -0.15) is 0 Å². The van der Waals surface area contributed by atoms with Gasteiger partial charge in [0.15, 0.2) is 5.82 Å². The number of aryl methyl sites for hydroxylation is 1. The maximum atomic E-state index is 13.5. The number of nitrogens with zero attached hydrogens (tertiary/aromatic N) is 4. The van der Waals surface area contributed by atoms with Gasteiger partial charge in [-0.05, 0) is 29.0 Å². The van der Waals surface area contributed by atoms with Gasteiger partial charge in [0.1, 0.15) is 18.2 Å². The Morgan fingerprint density at radius 3 is 2.95 bits per heavy atom. The van der Waals surface area contributed by atoms with Crippen molar-refractivity contribution in [3.8, 4) is 5.75 Å². The largest absolute Gasteiger partial charge is 0.485 e. The molecule has 0 radical (unpaired) electrons. The third-order valence-electron chi connectivity index (χ3n) is 2.58. The fourth-order valence-corrected chi connectivity index (χ4v) is 1.62. The number of benzene rings is 1. The molecule has 0 aliphatic carbocycles. The third kappa shape index (κ3) is 3.08. The zero-order valence-corrected chi connectivity index (χ0v) is 10.8. The van der Waals surface area contributed by atoms with Crippen LogP contribution in [-0.2, 0) is 13.2 Å². The number of halogens is 1. The molecule has 0 aliphatic heterocycles. The quantitative estimate of drug-likeness (QED) is 0.862. The summed E-state index contributed by atoms with van der Waals surface area (Å²) < 4.78 is 20.4. The zero-order valence-electron chi connectivity index (χ0n) is 10.8. The summed E-state index contributed by atoms with van der Waals surface area (Å²) in [6, 6.07) is 3.57. The number of hydrogen-bond acceptors (Lipinski definition) is 5. The predicted molar refractivity (Wildman–Crippen MR) is 65.8 cm³/mol. The Morgan fingerprint density at radius 1 is 1.50 bits per heavy atom. The molecule has 1 aromatic carbocycles. The van der Waals surface area contributed by atoms with Crippen molar-refractivity contribution in [1.29, 1.82) is 0 Å². The first-order valence-corrected chi connectivity index (χ1v) is 6.02. The Morgan fingerprint density at radius 2 is 2.30 bits per heavy atom. The van der Waals surface area contributed by atoms with Crippen LogP contribution < -0.4 is 4.74 Å². The van der Waals surface area contributed by atoms with E-state index in [-0.39, 0.29) is 12.4 Å². The summed E-state index contributed by atoms with van der Waals surface area (Å²) in [5.41, 5.74) is -0.395. The Labute approximate surface area is 114 Å². The summed E-state index contributed by atoms with van der Waals surface area (Å²) in [7, 11) is 0. The van der Waals surface area contributed by atoms with Crippen LogP contribution in [-0.4, -0.2) is 31.3 Å². The second-order valence-corrected chi connectivity index (χ2v) is 4.05.